The maximum atomic E-state index is 13.5. The quantitative estimate of drug-likeness (QED) is 0.215. The Morgan fingerprint density at radius 1 is 0.973 bits per heavy atom. The molecule has 192 valence electrons. The van der Waals surface area contributed by atoms with E-state index in [1.165, 1.54) is 31.3 Å². The van der Waals surface area contributed by atoms with Gasteiger partial charge in [0.1, 0.15) is 17.3 Å². The molecule has 1 atom stereocenters. The van der Waals surface area contributed by atoms with E-state index in [9.17, 15) is 19.1 Å². The van der Waals surface area contributed by atoms with Gasteiger partial charge in [-0.25, -0.2) is 4.39 Å². The molecule has 3 aromatic carbocycles. The van der Waals surface area contributed by atoms with Crippen molar-refractivity contribution in [2.24, 2.45) is 0 Å². The van der Waals surface area contributed by atoms with Crippen LogP contribution >= 0.6 is 15.9 Å². The minimum absolute atomic E-state index is 0.0224. The Labute approximate surface area is 222 Å². The van der Waals surface area contributed by atoms with Crippen molar-refractivity contribution in [1.82, 2.24) is 4.90 Å². The molecule has 1 aliphatic rings. The number of Topliss-reactive ketones (excluding diaryl/α,β-unsaturated/α-hetero) is 1. The molecule has 1 N–H and O–H groups in total. The third kappa shape index (κ3) is 5.17. The predicted molar refractivity (Wildman–Crippen MR) is 139 cm³/mol. The number of rotatable bonds is 8. The van der Waals surface area contributed by atoms with Crippen LogP contribution in [0.2, 0.25) is 0 Å². The van der Waals surface area contributed by atoms with E-state index in [1.807, 2.05) is 6.92 Å². The number of hydrogen-bond acceptors (Lipinski definition) is 6. The second kappa shape index (κ2) is 11.0. The summed E-state index contributed by atoms with van der Waals surface area (Å²) in [6.45, 7) is 2.22. The van der Waals surface area contributed by atoms with Gasteiger partial charge in [-0.3, -0.25) is 9.59 Å². The van der Waals surface area contributed by atoms with Crippen molar-refractivity contribution < 1.29 is 33.3 Å². The van der Waals surface area contributed by atoms with E-state index in [2.05, 4.69) is 15.9 Å². The summed E-state index contributed by atoms with van der Waals surface area (Å²) in [6, 6.07) is 14.7. The lowest BCUT2D eigenvalue weighted by Gasteiger charge is -2.26. The number of aliphatic hydroxyl groups is 1. The SMILES string of the molecule is CCOc1cc(C2/C(=C(/O)c3ccc(OC)c(Br)c3)C(=O)C(=O)N2Cc2ccc(F)cc2)ccc1OC. The van der Waals surface area contributed by atoms with Gasteiger partial charge in [0.25, 0.3) is 11.7 Å². The molecule has 1 heterocycles. The molecule has 1 unspecified atom stereocenters. The van der Waals surface area contributed by atoms with Crippen LogP contribution in [0.5, 0.6) is 17.2 Å². The molecule has 0 aromatic heterocycles. The van der Waals surface area contributed by atoms with Crippen LogP contribution in [0.25, 0.3) is 5.76 Å². The van der Waals surface area contributed by atoms with Gasteiger partial charge in [0, 0.05) is 12.1 Å². The van der Waals surface area contributed by atoms with E-state index >= 15 is 0 Å². The van der Waals surface area contributed by atoms with Crippen LogP contribution in [0.4, 0.5) is 4.39 Å². The van der Waals surface area contributed by atoms with E-state index in [-0.39, 0.29) is 17.9 Å². The molecule has 7 nitrogen and oxygen atoms in total. The number of amides is 1. The summed E-state index contributed by atoms with van der Waals surface area (Å²) in [5.74, 6) is -0.891. The van der Waals surface area contributed by atoms with E-state index in [0.29, 0.717) is 45.0 Å². The normalized spacial score (nSPS) is 16.7. The molecule has 9 heteroatoms. The molecule has 3 aromatic rings. The van der Waals surface area contributed by atoms with Crippen LogP contribution in [0.1, 0.15) is 29.7 Å². The fourth-order valence-electron chi connectivity index (χ4n) is 4.28. The lowest BCUT2D eigenvalue weighted by Crippen LogP contribution is -2.29. The summed E-state index contributed by atoms with van der Waals surface area (Å²) in [4.78, 5) is 28.0. The van der Waals surface area contributed by atoms with Gasteiger partial charge in [0.2, 0.25) is 0 Å². The van der Waals surface area contributed by atoms with Crippen molar-refractivity contribution in [2.75, 3.05) is 20.8 Å². The molecule has 1 aliphatic heterocycles. The first-order chi connectivity index (χ1) is 17.8. The van der Waals surface area contributed by atoms with Crippen LogP contribution in [0, 0.1) is 5.82 Å². The van der Waals surface area contributed by atoms with Gasteiger partial charge in [-0.1, -0.05) is 18.2 Å². The van der Waals surface area contributed by atoms with E-state index < -0.39 is 23.5 Å². The fourth-order valence-corrected chi connectivity index (χ4v) is 4.82. The number of likely N-dealkylation sites (tertiary alicyclic amines) is 1. The summed E-state index contributed by atoms with van der Waals surface area (Å²) in [5.41, 5.74) is 1.42. The fraction of sp³-hybridized carbons (Fsp3) is 0.214. The molecule has 1 fully saturated rings. The molecular formula is C28H25BrFNO6. The third-order valence-electron chi connectivity index (χ3n) is 6.03. The van der Waals surface area contributed by atoms with Crippen molar-refractivity contribution in [1.29, 1.82) is 0 Å². The van der Waals surface area contributed by atoms with Crippen molar-refractivity contribution in [3.63, 3.8) is 0 Å². The molecule has 0 aliphatic carbocycles. The monoisotopic (exact) mass is 569 g/mol. The first-order valence-corrected chi connectivity index (χ1v) is 12.3. The minimum Gasteiger partial charge on any atom is -0.507 e. The topological polar surface area (TPSA) is 85.3 Å². The lowest BCUT2D eigenvalue weighted by atomic mass is 9.94. The molecule has 1 amide bonds. The number of benzene rings is 3. The van der Waals surface area contributed by atoms with E-state index in [0.717, 1.165) is 0 Å². The largest absolute Gasteiger partial charge is 0.507 e. The lowest BCUT2D eigenvalue weighted by molar-refractivity contribution is -0.140. The molecule has 0 saturated carbocycles. The number of halogens is 2. The van der Waals surface area contributed by atoms with Crippen LogP contribution in [-0.4, -0.2) is 42.5 Å². The Morgan fingerprint density at radius 3 is 2.27 bits per heavy atom. The Morgan fingerprint density at radius 2 is 1.65 bits per heavy atom. The maximum absolute atomic E-state index is 13.5. The Hall–Kier alpha value is -3.85. The molecule has 0 radical (unpaired) electrons. The number of nitrogens with zero attached hydrogens (tertiary/aromatic N) is 1. The Bertz CT molecular complexity index is 1370. The van der Waals surface area contributed by atoms with Crippen LogP contribution < -0.4 is 14.2 Å². The third-order valence-corrected chi connectivity index (χ3v) is 6.65. The second-order valence-corrected chi connectivity index (χ2v) is 9.10. The van der Waals surface area contributed by atoms with E-state index in [4.69, 9.17) is 14.2 Å². The highest BCUT2D eigenvalue weighted by Gasteiger charge is 2.46. The van der Waals surface area contributed by atoms with Gasteiger partial charge in [-0.15, -0.1) is 0 Å². The van der Waals surface area contributed by atoms with E-state index in [1.54, 1.807) is 48.5 Å². The van der Waals surface area contributed by atoms with Crippen molar-refractivity contribution in [2.45, 2.75) is 19.5 Å². The van der Waals surface area contributed by atoms with Gasteiger partial charge < -0.3 is 24.2 Å². The standard InChI is InChI=1S/C28H25BrFNO6/c1-4-37-23-14-17(7-12-22(23)36-3)25-24(26(32)18-8-11-21(35-2)20(29)13-18)27(33)28(34)31(25)15-16-5-9-19(30)10-6-16/h5-14,25,32H,4,15H2,1-3H3/b26-24-. The van der Waals surface area contributed by atoms with Gasteiger partial charge >= 0.3 is 0 Å². The van der Waals surface area contributed by atoms with Crippen LogP contribution in [-0.2, 0) is 16.1 Å². The smallest absolute Gasteiger partial charge is 0.295 e. The van der Waals surface area contributed by atoms with Crippen molar-refractivity contribution in [3.8, 4) is 17.2 Å². The zero-order valence-corrected chi connectivity index (χ0v) is 22.0. The number of aliphatic hydroxyl groups excluding tert-OH is 1. The maximum Gasteiger partial charge on any atom is 0.295 e. The summed E-state index contributed by atoms with van der Waals surface area (Å²) in [5, 5.41) is 11.3. The zero-order valence-electron chi connectivity index (χ0n) is 20.5. The van der Waals surface area contributed by atoms with Gasteiger partial charge in [0.05, 0.1) is 36.9 Å². The number of carbonyl (C=O) groups excluding carboxylic acids is 2. The molecule has 37 heavy (non-hydrogen) atoms. The first kappa shape index (κ1) is 26.2. The highest BCUT2D eigenvalue weighted by molar-refractivity contribution is 9.10. The summed E-state index contributed by atoms with van der Waals surface area (Å²) >= 11 is 3.39. The van der Waals surface area contributed by atoms with Gasteiger partial charge in [0.15, 0.2) is 11.5 Å². The highest BCUT2D eigenvalue weighted by atomic mass is 79.9. The molecule has 0 bridgehead atoms. The number of ether oxygens (including phenoxy) is 3. The first-order valence-electron chi connectivity index (χ1n) is 11.5. The summed E-state index contributed by atoms with van der Waals surface area (Å²) in [7, 11) is 3.03. The molecule has 4 rings (SSSR count). The number of carbonyl (C=O) groups is 2. The summed E-state index contributed by atoms with van der Waals surface area (Å²) < 4.78 is 30.4. The van der Waals surface area contributed by atoms with Gasteiger partial charge in [-0.05, 0) is 76.4 Å². The van der Waals surface area contributed by atoms with Gasteiger partial charge in [-0.2, -0.15) is 0 Å². The number of hydrogen-bond donors (Lipinski definition) is 1. The zero-order chi connectivity index (χ0) is 26.7. The molecule has 0 spiro atoms. The minimum atomic E-state index is -0.934. The Balaban J connectivity index is 1.89. The average Bonchev–Trinajstić information content (AvgIpc) is 3.14. The Kier molecular flexibility index (Phi) is 7.83. The van der Waals surface area contributed by atoms with Crippen LogP contribution in [0.15, 0.2) is 70.7 Å². The highest BCUT2D eigenvalue weighted by Crippen LogP contribution is 2.43. The van der Waals surface area contributed by atoms with Crippen LogP contribution in [0.3, 0.4) is 0 Å². The average molecular weight is 570 g/mol. The number of ketones is 1. The van der Waals surface area contributed by atoms with Crippen molar-refractivity contribution >= 4 is 33.4 Å². The summed E-state index contributed by atoms with van der Waals surface area (Å²) in [6.07, 6.45) is 0. The number of methoxy groups -OCH3 is 2. The molecular weight excluding hydrogens is 545 g/mol. The molecule has 1 saturated heterocycles. The predicted octanol–water partition coefficient (Wildman–Crippen LogP) is 5.63. The van der Waals surface area contributed by atoms with Crippen molar-refractivity contribution in [3.05, 3.63) is 93.2 Å². The second-order valence-electron chi connectivity index (χ2n) is 8.25.